The summed E-state index contributed by atoms with van der Waals surface area (Å²) < 4.78 is 0. The predicted octanol–water partition coefficient (Wildman–Crippen LogP) is 3.88. The first-order chi connectivity index (χ1) is 7.66. The fraction of sp³-hybridized carbons (Fsp3) is 0.417. The van der Waals surface area contributed by atoms with Crippen LogP contribution in [0.3, 0.4) is 0 Å². The average Bonchev–Trinajstić information content (AvgIpc) is 2.30. The minimum absolute atomic E-state index is 0.338. The van der Waals surface area contributed by atoms with E-state index in [4.69, 9.17) is 23.2 Å². The highest BCUT2D eigenvalue weighted by Crippen LogP contribution is 2.29. The lowest BCUT2D eigenvalue weighted by atomic mass is 9.90. The highest BCUT2D eigenvalue weighted by Gasteiger charge is 2.22. The van der Waals surface area contributed by atoms with Crippen molar-refractivity contribution in [3.05, 3.63) is 34.9 Å². The number of benzene rings is 1. The Morgan fingerprint density at radius 1 is 1.19 bits per heavy atom. The van der Waals surface area contributed by atoms with Crippen LogP contribution in [0.2, 0.25) is 5.02 Å². The zero-order valence-corrected chi connectivity index (χ0v) is 10.3. The van der Waals surface area contributed by atoms with Crippen molar-refractivity contribution in [3.8, 4) is 0 Å². The Balaban J connectivity index is 1.99. The molecule has 0 radical (unpaired) electrons. The van der Waals surface area contributed by atoms with E-state index in [-0.39, 0.29) is 5.37 Å². The highest BCUT2D eigenvalue weighted by atomic mass is 35.5. The lowest BCUT2D eigenvalue weighted by Crippen LogP contribution is -2.34. The third-order valence-corrected chi connectivity index (χ3v) is 3.58. The van der Waals surface area contributed by atoms with Crippen LogP contribution in [0.5, 0.6) is 0 Å². The number of halogens is 2. The van der Waals surface area contributed by atoms with Crippen LogP contribution in [0.4, 0.5) is 4.79 Å². The van der Waals surface area contributed by atoms with Gasteiger partial charge < -0.3 is 4.90 Å². The molecule has 2 rings (SSSR count). The fourth-order valence-corrected chi connectivity index (χ4v) is 2.42. The van der Waals surface area contributed by atoms with Crippen LogP contribution in [0, 0.1) is 0 Å². The van der Waals surface area contributed by atoms with Crippen molar-refractivity contribution in [2.45, 2.75) is 18.8 Å². The van der Waals surface area contributed by atoms with Gasteiger partial charge in [-0.25, -0.2) is 0 Å². The maximum Gasteiger partial charge on any atom is 0.316 e. The molecule has 0 unspecified atom stereocenters. The monoisotopic (exact) mass is 257 g/mol. The number of piperidine rings is 1. The highest BCUT2D eigenvalue weighted by molar-refractivity contribution is 6.62. The summed E-state index contributed by atoms with van der Waals surface area (Å²) in [6.07, 6.45) is 1.94. The minimum Gasteiger partial charge on any atom is -0.329 e. The van der Waals surface area contributed by atoms with Crippen molar-refractivity contribution in [1.82, 2.24) is 4.90 Å². The number of hydrogen-bond donors (Lipinski definition) is 0. The Labute approximate surface area is 105 Å². The first-order valence-electron chi connectivity index (χ1n) is 5.36. The molecule has 0 spiro atoms. The van der Waals surface area contributed by atoms with Crippen molar-refractivity contribution in [3.63, 3.8) is 0 Å². The summed E-state index contributed by atoms with van der Waals surface area (Å²) in [6.45, 7) is 1.49. The van der Waals surface area contributed by atoms with E-state index < -0.39 is 0 Å². The Morgan fingerprint density at radius 2 is 1.75 bits per heavy atom. The van der Waals surface area contributed by atoms with Crippen molar-refractivity contribution in [1.29, 1.82) is 0 Å². The van der Waals surface area contributed by atoms with E-state index in [1.54, 1.807) is 4.90 Å². The van der Waals surface area contributed by atoms with Gasteiger partial charge in [-0.05, 0) is 48.1 Å². The Bertz CT molecular complexity index is 369. The zero-order chi connectivity index (χ0) is 11.5. The summed E-state index contributed by atoms with van der Waals surface area (Å²) in [5, 5.41) is 0.423. The van der Waals surface area contributed by atoms with E-state index >= 15 is 0 Å². The molecule has 0 aliphatic carbocycles. The number of amides is 1. The van der Waals surface area contributed by atoms with Crippen molar-refractivity contribution in [2.75, 3.05) is 13.1 Å². The molecule has 1 aliphatic rings. The summed E-state index contributed by atoms with van der Waals surface area (Å²) in [5.74, 6) is 0.518. The van der Waals surface area contributed by atoms with E-state index in [2.05, 4.69) is 12.1 Å². The number of nitrogens with zero attached hydrogens (tertiary/aromatic N) is 1. The van der Waals surface area contributed by atoms with Crippen LogP contribution < -0.4 is 0 Å². The van der Waals surface area contributed by atoms with Crippen molar-refractivity contribution < 1.29 is 4.79 Å². The van der Waals surface area contributed by atoms with Gasteiger partial charge in [0.25, 0.3) is 0 Å². The molecule has 1 amide bonds. The van der Waals surface area contributed by atoms with Gasteiger partial charge in [-0.2, -0.15) is 0 Å². The van der Waals surface area contributed by atoms with Crippen molar-refractivity contribution >= 4 is 28.6 Å². The molecule has 2 nitrogen and oxygen atoms in total. The standard InChI is InChI=1S/C12H13Cl2NO/c13-11-3-1-9(2-4-11)10-5-7-15(8-6-10)12(14)16/h1-4,10H,5-8H2. The smallest absolute Gasteiger partial charge is 0.316 e. The summed E-state index contributed by atoms with van der Waals surface area (Å²) in [5.41, 5.74) is 1.30. The Kier molecular flexibility index (Phi) is 3.72. The molecule has 1 fully saturated rings. The quantitative estimate of drug-likeness (QED) is 0.553. The molecule has 4 heteroatoms. The van der Waals surface area contributed by atoms with Gasteiger partial charge in [0.1, 0.15) is 0 Å². The van der Waals surface area contributed by atoms with Gasteiger partial charge in [-0.15, -0.1) is 0 Å². The van der Waals surface area contributed by atoms with Crippen LogP contribution >= 0.6 is 23.2 Å². The normalized spacial score (nSPS) is 17.5. The molecule has 86 valence electrons. The Morgan fingerprint density at radius 3 is 2.25 bits per heavy atom. The lowest BCUT2D eigenvalue weighted by Gasteiger charge is -2.30. The molecule has 1 saturated heterocycles. The molecule has 1 heterocycles. The van der Waals surface area contributed by atoms with Crippen LogP contribution in [0.1, 0.15) is 24.3 Å². The second kappa shape index (κ2) is 5.07. The molecule has 1 aliphatic heterocycles. The van der Waals surface area contributed by atoms with E-state index in [1.165, 1.54) is 5.56 Å². The number of rotatable bonds is 1. The third-order valence-electron chi connectivity index (χ3n) is 3.08. The van der Waals surface area contributed by atoms with Crippen molar-refractivity contribution in [2.24, 2.45) is 0 Å². The van der Waals surface area contributed by atoms with Gasteiger partial charge >= 0.3 is 5.37 Å². The predicted molar refractivity (Wildman–Crippen MR) is 66.2 cm³/mol. The van der Waals surface area contributed by atoms with Crippen LogP contribution in [-0.4, -0.2) is 23.4 Å². The topological polar surface area (TPSA) is 20.3 Å². The first kappa shape index (κ1) is 11.7. The molecule has 1 aromatic rings. The average molecular weight is 258 g/mol. The molecule has 0 bridgehead atoms. The molecule has 1 aromatic carbocycles. The minimum atomic E-state index is -0.338. The summed E-state index contributed by atoms with van der Waals surface area (Å²) in [7, 11) is 0. The van der Waals surface area contributed by atoms with E-state index in [1.807, 2.05) is 12.1 Å². The first-order valence-corrected chi connectivity index (χ1v) is 6.12. The molecular formula is C12H13Cl2NO. The van der Waals surface area contributed by atoms with Gasteiger partial charge in [-0.3, -0.25) is 4.79 Å². The molecule has 0 aromatic heterocycles. The SMILES string of the molecule is O=C(Cl)N1CCC(c2ccc(Cl)cc2)CC1. The maximum atomic E-state index is 11.0. The fourth-order valence-electron chi connectivity index (χ4n) is 2.12. The molecule has 0 atom stereocenters. The van der Waals surface area contributed by atoms with Gasteiger partial charge in [0.05, 0.1) is 0 Å². The van der Waals surface area contributed by atoms with Gasteiger partial charge in [0, 0.05) is 18.1 Å². The second-order valence-electron chi connectivity index (χ2n) is 4.07. The van der Waals surface area contributed by atoms with Gasteiger partial charge in [0.2, 0.25) is 0 Å². The van der Waals surface area contributed by atoms with E-state index in [0.717, 1.165) is 31.0 Å². The van der Waals surface area contributed by atoms with E-state index in [9.17, 15) is 4.79 Å². The zero-order valence-electron chi connectivity index (χ0n) is 8.83. The summed E-state index contributed by atoms with van der Waals surface area (Å²) >= 11 is 11.3. The molecule has 0 N–H and O–H groups in total. The van der Waals surface area contributed by atoms with Gasteiger partial charge in [-0.1, -0.05) is 23.7 Å². The molecule has 16 heavy (non-hydrogen) atoms. The van der Waals surface area contributed by atoms with Crippen LogP contribution in [0.15, 0.2) is 24.3 Å². The maximum absolute atomic E-state index is 11.0. The summed E-state index contributed by atoms with van der Waals surface area (Å²) in [4.78, 5) is 12.6. The van der Waals surface area contributed by atoms with Gasteiger partial charge in [0.15, 0.2) is 0 Å². The van der Waals surface area contributed by atoms with Crippen LogP contribution in [-0.2, 0) is 0 Å². The number of carbonyl (C=O) groups excluding carboxylic acids is 1. The van der Waals surface area contributed by atoms with E-state index in [0.29, 0.717) is 5.92 Å². The largest absolute Gasteiger partial charge is 0.329 e. The van der Waals surface area contributed by atoms with Crippen LogP contribution in [0.25, 0.3) is 0 Å². The Hall–Kier alpha value is -0.730. The number of likely N-dealkylation sites (tertiary alicyclic amines) is 1. The number of hydrogen-bond acceptors (Lipinski definition) is 1. The molecule has 0 saturated carbocycles. The summed E-state index contributed by atoms with van der Waals surface area (Å²) in [6, 6.07) is 7.95. The number of carbonyl (C=O) groups is 1. The second-order valence-corrected chi connectivity index (χ2v) is 4.83. The molecular weight excluding hydrogens is 245 g/mol. The lowest BCUT2D eigenvalue weighted by molar-refractivity contribution is 0.204. The third kappa shape index (κ3) is 2.69.